The van der Waals surface area contributed by atoms with Crippen molar-refractivity contribution in [2.75, 3.05) is 10.6 Å². The molecule has 1 heterocycles. The Labute approximate surface area is 132 Å². The van der Waals surface area contributed by atoms with Gasteiger partial charge < -0.3 is 10.6 Å². The summed E-state index contributed by atoms with van der Waals surface area (Å²) in [5.74, 6) is 0.0111. The lowest BCUT2D eigenvalue weighted by atomic mass is 9.84. The van der Waals surface area contributed by atoms with Crippen molar-refractivity contribution in [1.29, 1.82) is 0 Å². The molecule has 0 unspecified atom stereocenters. The largest absolute Gasteiger partial charge is 0.326 e. The Morgan fingerprint density at radius 1 is 1.32 bits per heavy atom. The first kappa shape index (κ1) is 16.5. The molecule has 22 heavy (non-hydrogen) atoms. The molecule has 4 nitrogen and oxygen atoms in total. The van der Waals surface area contributed by atoms with Crippen LogP contribution in [0.5, 0.6) is 0 Å². The lowest BCUT2D eigenvalue weighted by Crippen LogP contribution is -2.26. The van der Waals surface area contributed by atoms with Crippen molar-refractivity contribution in [2.24, 2.45) is 5.41 Å². The monoisotopic (exact) mass is 302 g/mol. The second-order valence-corrected chi connectivity index (χ2v) is 7.48. The molecule has 1 aromatic carbocycles. The van der Waals surface area contributed by atoms with Gasteiger partial charge in [0.1, 0.15) is 0 Å². The van der Waals surface area contributed by atoms with Crippen LogP contribution in [0.25, 0.3) is 0 Å². The number of carbonyl (C=O) groups is 2. The van der Waals surface area contributed by atoms with Crippen LogP contribution in [0.1, 0.15) is 59.4 Å². The summed E-state index contributed by atoms with van der Waals surface area (Å²) < 4.78 is 0. The van der Waals surface area contributed by atoms with Crippen molar-refractivity contribution in [2.45, 2.75) is 59.3 Å². The van der Waals surface area contributed by atoms with E-state index in [1.807, 2.05) is 32.0 Å². The smallest absolute Gasteiger partial charge is 0.234 e. The molecule has 0 bridgehead atoms. The molecule has 1 aliphatic heterocycles. The van der Waals surface area contributed by atoms with Crippen LogP contribution < -0.4 is 10.6 Å². The van der Waals surface area contributed by atoms with Gasteiger partial charge in [-0.15, -0.1) is 0 Å². The standard InChI is InChI=1S/C18H26N2O2/c1-6-9-17(2,3)11-15(21)19-12-7-8-13-14(10-12)20-16(22)18(13,4)5/h7-8,10H,6,9,11H2,1-5H3,(H,19,21)(H,20,22). The van der Waals surface area contributed by atoms with Crippen molar-refractivity contribution in [3.8, 4) is 0 Å². The minimum Gasteiger partial charge on any atom is -0.326 e. The van der Waals surface area contributed by atoms with Gasteiger partial charge in [-0.05, 0) is 43.4 Å². The Kier molecular flexibility index (Phi) is 4.32. The highest BCUT2D eigenvalue weighted by molar-refractivity contribution is 6.06. The molecule has 2 amide bonds. The molecule has 120 valence electrons. The number of fused-ring (bicyclic) bond motifs is 1. The van der Waals surface area contributed by atoms with Crippen LogP contribution in [0.2, 0.25) is 0 Å². The molecule has 0 aliphatic carbocycles. The molecule has 0 atom stereocenters. The van der Waals surface area contributed by atoms with Gasteiger partial charge in [0.25, 0.3) is 0 Å². The zero-order valence-electron chi connectivity index (χ0n) is 14.2. The van der Waals surface area contributed by atoms with Crippen LogP contribution in [0.3, 0.4) is 0 Å². The number of carbonyl (C=O) groups excluding carboxylic acids is 2. The second kappa shape index (κ2) is 5.75. The Morgan fingerprint density at radius 2 is 2.00 bits per heavy atom. The summed E-state index contributed by atoms with van der Waals surface area (Å²) in [6.07, 6.45) is 2.59. The molecular weight excluding hydrogens is 276 g/mol. The summed E-state index contributed by atoms with van der Waals surface area (Å²) >= 11 is 0. The van der Waals surface area contributed by atoms with Crippen molar-refractivity contribution in [3.63, 3.8) is 0 Å². The molecule has 0 saturated heterocycles. The fraction of sp³-hybridized carbons (Fsp3) is 0.556. The normalized spacial score (nSPS) is 16.1. The predicted octanol–water partition coefficient (Wildman–Crippen LogP) is 4.07. The minimum atomic E-state index is -0.513. The summed E-state index contributed by atoms with van der Waals surface area (Å²) in [5, 5.41) is 5.82. The average Bonchev–Trinajstić information content (AvgIpc) is 2.58. The molecule has 0 fully saturated rings. The van der Waals surface area contributed by atoms with Crippen molar-refractivity contribution < 1.29 is 9.59 Å². The highest BCUT2D eigenvalue weighted by atomic mass is 16.2. The first-order valence-corrected chi connectivity index (χ1v) is 7.91. The lowest BCUT2D eigenvalue weighted by molar-refractivity contribution is -0.120. The van der Waals surface area contributed by atoms with E-state index in [-0.39, 0.29) is 17.2 Å². The maximum atomic E-state index is 12.2. The fourth-order valence-electron chi connectivity index (χ4n) is 3.08. The van der Waals surface area contributed by atoms with Gasteiger partial charge in [-0.25, -0.2) is 0 Å². The quantitative estimate of drug-likeness (QED) is 0.861. The van der Waals surface area contributed by atoms with Gasteiger partial charge >= 0.3 is 0 Å². The third-order valence-corrected chi connectivity index (χ3v) is 4.36. The second-order valence-electron chi connectivity index (χ2n) is 7.48. The first-order chi connectivity index (χ1) is 10.2. The zero-order chi connectivity index (χ0) is 16.5. The van der Waals surface area contributed by atoms with E-state index in [4.69, 9.17) is 0 Å². The number of nitrogens with one attached hydrogen (secondary N) is 2. The van der Waals surface area contributed by atoms with Gasteiger partial charge in [0.05, 0.1) is 5.41 Å². The Hall–Kier alpha value is -1.84. The number of hydrogen-bond acceptors (Lipinski definition) is 2. The van der Waals surface area contributed by atoms with Crippen molar-refractivity contribution >= 4 is 23.2 Å². The van der Waals surface area contributed by atoms with Crippen molar-refractivity contribution in [3.05, 3.63) is 23.8 Å². The van der Waals surface area contributed by atoms with E-state index in [1.54, 1.807) is 0 Å². The molecule has 1 aromatic rings. The molecule has 0 radical (unpaired) electrons. The van der Waals surface area contributed by atoms with Crippen LogP contribution in [-0.4, -0.2) is 11.8 Å². The number of benzene rings is 1. The Bertz CT molecular complexity index is 603. The summed E-state index contributed by atoms with van der Waals surface area (Å²) in [4.78, 5) is 24.1. The average molecular weight is 302 g/mol. The zero-order valence-corrected chi connectivity index (χ0v) is 14.2. The minimum absolute atomic E-state index is 0.00458. The van der Waals surface area contributed by atoms with E-state index in [0.29, 0.717) is 6.42 Å². The van der Waals surface area contributed by atoms with Crippen LogP contribution >= 0.6 is 0 Å². The van der Waals surface area contributed by atoms with Crippen molar-refractivity contribution in [1.82, 2.24) is 0 Å². The van der Waals surface area contributed by atoms with Crippen LogP contribution in [-0.2, 0) is 15.0 Å². The highest BCUT2D eigenvalue weighted by Gasteiger charge is 2.38. The molecule has 2 rings (SSSR count). The molecule has 0 saturated carbocycles. The highest BCUT2D eigenvalue weighted by Crippen LogP contribution is 2.38. The fourth-order valence-corrected chi connectivity index (χ4v) is 3.08. The molecule has 4 heteroatoms. The predicted molar refractivity (Wildman–Crippen MR) is 90.0 cm³/mol. The van der Waals surface area contributed by atoms with Gasteiger partial charge in [-0.3, -0.25) is 9.59 Å². The van der Waals surface area contributed by atoms with Gasteiger partial charge in [-0.2, -0.15) is 0 Å². The summed E-state index contributed by atoms with van der Waals surface area (Å²) in [5.41, 5.74) is 1.99. The van der Waals surface area contributed by atoms with Crippen LogP contribution in [0.15, 0.2) is 18.2 Å². The van der Waals surface area contributed by atoms with E-state index in [1.165, 1.54) is 0 Å². The molecule has 2 N–H and O–H groups in total. The summed E-state index contributed by atoms with van der Waals surface area (Å²) in [7, 11) is 0. The van der Waals surface area contributed by atoms with E-state index < -0.39 is 5.41 Å². The van der Waals surface area contributed by atoms with E-state index in [9.17, 15) is 9.59 Å². The number of anilines is 2. The SMILES string of the molecule is CCCC(C)(C)CC(=O)Nc1ccc2c(c1)NC(=O)C2(C)C. The number of amides is 2. The molecule has 1 aliphatic rings. The third kappa shape index (κ3) is 3.32. The summed E-state index contributed by atoms with van der Waals surface area (Å²) in [6.45, 7) is 10.2. The van der Waals surface area contributed by atoms with Gasteiger partial charge in [0.15, 0.2) is 0 Å². The summed E-state index contributed by atoms with van der Waals surface area (Å²) in [6, 6.07) is 5.62. The van der Waals surface area contributed by atoms with E-state index >= 15 is 0 Å². The number of hydrogen-bond donors (Lipinski definition) is 2. The molecule has 0 aromatic heterocycles. The van der Waals surface area contributed by atoms with Gasteiger partial charge in [-0.1, -0.05) is 33.3 Å². The van der Waals surface area contributed by atoms with Gasteiger partial charge in [0.2, 0.25) is 11.8 Å². The third-order valence-electron chi connectivity index (χ3n) is 4.36. The van der Waals surface area contributed by atoms with Crippen LogP contribution in [0, 0.1) is 5.41 Å². The Morgan fingerprint density at radius 3 is 2.64 bits per heavy atom. The van der Waals surface area contributed by atoms with Gasteiger partial charge in [0, 0.05) is 17.8 Å². The van der Waals surface area contributed by atoms with Crippen LogP contribution in [0.4, 0.5) is 11.4 Å². The number of rotatable bonds is 5. The molecular formula is C18H26N2O2. The maximum absolute atomic E-state index is 12.2. The maximum Gasteiger partial charge on any atom is 0.234 e. The van der Waals surface area contributed by atoms with E-state index in [2.05, 4.69) is 31.4 Å². The first-order valence-electron chi connectivity index (χ1n) is 7.91. The molecule has 0 spiro atoms. The van der Waals surface area contributed by atoms with E-state index in [0.717, 1.165) is 29.8 Å². The topological polar surface area (TPSA) is 58.2 Å². The Balaban J connectivity index is 2.09. The lowest BCUT2D eigenvalue weighted by Gasteiger charge is -2.23.